The van der Waals surface area contributed by atoms with Crippen molar-refractivity contribution in [3.05, 3.63) is 52.9 Å². The number of aromatic nitrogens is 2. The van der Waals surface area contributed by atoms with Gasteiger partial charge in [0.05, 0.1) is 36.2 Å². The second kappa shape index (κ2) is 9.50. The maximum absolute atomic E-state index is 13.8. The molecule has 9 heteroatoms. The van der Waals surface area contributed by atoms with Crippen molar-refractivity contribution in [2.75, 3.05) is 48.0 Å². The third-order valence-electron chi connectivity index (χ3n) is 6.34. The summed E-state index contributed by atoms with van der Waals surface area (Å²) in [7, 11) is 7.05. The Hall–Kier alpha value is -4.11. The number of rotatable bonds is 9. The van der Waals surface area contributed by atoms with Gasteiger partial charge in [0.15, 0.2) is 18.1 Å². The number of carbonyl (C=O) groups excluding carboxylic acids is 1. The molecule has 0 bridgehead atoms. The predicted molar refractivity (Wildman–Crippen MR) is 140 cm³/mol. The van der Waals surface area contributed by atoms with Crippen LogP contribution in [0.25, 0.3) is 38.1 Å². The lowest BCUT2D eigenvalue weighted by Gasteiger charge is -2.12. The highest BCUT2D eigenvalue weighted by molar-refractivity contribution is 6.19. The van der Waals surface area contributed by atoms with Crippen LogP contribution in [0.15, 0.2) is 47.4 Å². The minimum atomic E-state index is -0.216. The van der Waals surface area contributed by atoms with Crippen LogP contribution in [-0.2, 0) is 4.79 Å². The number of hydrogen-bond donors (Lipinski definition) is 1. The van der Waals surface area contributed by atoms with Crippen molar-refractivity contribution in [1.29, 1.82) is 0 Å². The number of benzene rings is 2. The molecule has 0 saturated heterocycles. The summed E-state index contributed by atoms with van der Waals surface area (Å²) in [5.41, 5.74) is 1.93. The maximum Gasteiger partial charge on any atom is 0.267 e. The molecule has 1 N–H and O–H groups in total. The van der Waals surface area contributed by atoms with Crippen molar-refractivity contribution < 1.29 is 19.0 Å². The van der Waals surface area contributed by atoms with Crippen LogP contribution in [0.5, 0.6) is 17.2 Å². The van der Waals surface area contributed by atoms with Gasteiger partial charge in [0.25, 0.3) is 11.5 Å². The first-order chi connectivity index (χ1) is 17.4. The molecule has 36 heavy (non-hydrogen) atoms. The second-order valence-corrected chi connectivity index (χ2v) is 8.89. The molecule has 3 aromatic heterocycles. The predicted octanol–water partition coefficient (Wildman–Crippen LogP) is 3.06. The molecule has 0 aliphatic rings. The number of methoxy groups -OCH3 is 2. The van der Waals surface area contributed by atoms with Crippen molar-refractivity contribution in [3.63, 3.8) is 0 Å². The zero-order valence-electron chi connectivity index (χ0n) is 20.8. The third-order valence-corrected chi connectivity index (χ3v) is 6.34. The first-order valence-electron chi connectivity index (χ1n) is 11.7. The van der Waals surface area contributed by atoms with Crippen LogP contribution in [0.2, 0.25) is 0 Å². The number of fused-ring (bicyclic) bond motifs is 5. The third kappa shape index (κ3) is 3.91. The summed E-state index contributed by atoms with van der Waals surface area (Å²) in [5, 5.41) is 5.69. The van der Waals surface area contributed by atoms with Crippen LogP contribution < -0.4 is 25.1 Å². The highest BCUT2D eigenvalue weighted by atomic mass is 16.5. The Kier molecular flexibility index (Phi) is 6.24. The van der Waals surface area contributed by atoms with Gasteiger partial charge in [-0.15, -0.1) is 0 Å². The van der Waals surface area contributed by atoms with Crippen molar-refractivity contribution in [1.82, 2.24) is 19.6 Å². The number of pyridine rings is 2. The maximum atomic E-state index is 13.8. The number of nitrogens with one attached hydrogen (secondary N) is 1. The summed E-state index contributed by atoms with van der Waals surface area (Å²) in [6.45, 7) is 1.42. The Morgan fingerprint density at radius 2 is 1.89 bits per heavy atom. The molecule has 3 heterocycles. The van der Waals surface area contributed by atoms with E-state index in [2.05, 4.69) is 15.2 Å². The topological polar surface area (TPSA) is 94.4 Å². The fourth-order valence-corrected chi connectivity index (χ4v) is 4.71. The van der Waals surface area contributed by atoms with E-state index in [1.807, 2.05) is 38.4 Å². The number of hydrogen-bond acceptors (Lipinski definition) is 7. The number of nitrogens with zero attached hydrogens (tertiary/aromatic N) is 3. The average Bonchev–Trinajstić information content (AvgIpc) is 3.22. The summed E-state index contributed by atoms with van der Waals surface area (Å²) in [6, 6.07) is 11.0. The molecule has 0 aliphatic carbocycles. The first kappa shape index (κ1) is 23.6. The van der Waals surface area contributed by atoms with Crippen LogP contribution in [0.4, 0.5) is 0 Å². The van der Waals surface area contributed by atoms with Gasteiger partial charge in [0.2, 0.25) is 0 Å². The SMILES string of the molecule is COc1ccc2c(c1OC)c(=O)n1c3ccc(OCC(=O)NCCCN(C)C)cc3c3ccnc2c31. The Balaban J connectivity index is 1.56. The van der Waals surface area contributed by atoms with E-state index in [0.717, 1.165) is 34.8 Å². The van der Waals surface area contributed by atoms with E-state index in [4.69, 9.17) is 14.2 Å². The Labute approximate surface area is 207 Å². The summed E-state index contributed by atoms with van der Waals surface area (Å²) < 4.78 is 18.4. The number of ether oxygens (including phenoxy) is 3. The molecule has 186 valence electrons. The van der Waals surface area contributed by atoms with Crippen LogP contribution in [0.3, 0.4) is 0 Å². The lowest BCUT2D eigenvalue weighted by Crippen LogP contribution is -2.31. The monoisotopic (exact) mass is 488 g/mol. The quantitative estimate of drug-likeness (QED) is 0.252. The molecule has 5 rings (SSSR count). The molecular formula is C27H28N4O5. The highest BCUT2D eigenvalue weighted by Gasteiger charge is 2.22. The average molecular weight is 489 g/mol. The van der Waals surface area contributed by atoms with Crippen LogP contribution in [0, 0.1) is 0 Å². The number of amides is 1. The van der Waals surface area contributed by atoms with Gasteiger partial charge in [0.1, 0.15) is 5.75 Å². The van der Waals surface area contributed by atoms with Crippen molar-refractivity contribution in [2.24, 2.45) is 0 Å². The van der Waals surface area contributed by atoms with E-state index >= 15 is 0 Å². The largest absolute Gasteiger partial charge is 0.493 e. The van der Waals surface area contributed by atoms with Gasteiger partial charge in [-0.1, -0.05) is 0 Å². The van der Waals surface area contributed by atoms with Gasteiger partial charge >= 0.3 is 0 Å². The molecule has 0 unspecified atom stereocenters. The molecule has 0 radical (unpaired) electrons. The van der Waals surface area contributed by atoms with Gasteiger partial charge in [-0.05, 0) is 63.5 Å². The van der Waals surface area contributed by atoms with Gasteiger partial charge in [-0.25, -0.2) is 0 Å². The fraction of sp³-hybridized carbons (Fsp3) is 0.296. The zero-order chi connectivity index (χ0) is 25.4. The fourth-order valence-electron chi connectivity index (χ4n) is 4.71. The summed E-state index contributed by atoms with van der Waals surface area (Å²) in [5.74, 6) is 1.23. The van der Waals surface area contributed by atoms with E-state index in [0.29, 0.717) is 40.1 Å². The van der Waals surface area contributed by atoms with Crippen molar-refractivity contribution in [3.8, 4) is 17.2 Å². The molecule has 0 saturated carbocycles. The zero-order valence-corrected chi connectivity index (χ0v) is 20.8. The van der Waals surface area contributed by atoms with Gasteiger partial charge in [-0.2, -0.15) is 0 Å². The van der Waals surface area contributed by atoms with E-state index in [1.165, 1.54) is 7.11 Å². The first-order valence-corrected chi connectivity index (χ1v) is 11.7. The Morgan fingerprint density at radius 3 is 2.64 bits per heavy atom. The highest BCUT2D eigenvalue weighted by Crippen LogP contribution is 2.39. The van der Waals surface area contributed by atoms with Crippen molar-refractivity contribution in [2.45, 2.75) is 6.42 Å². The Morgan fingerprint density at radius 1 is 1.06 bits per heavy atom. The second-order valence-electron chi connectivity index (χ2n) is 8.89. The molecule has 0 spiro atoms. The normalized spacial score (nSPS) is 11.7. The van der Waals surface area contributed by atoms with Gasteiger partial charge < -0.3 is 24.4 Å². The number of carbonyl (C=O) groups is 1. The molecule has 1 amide bonds. The molecule has 5 aromatic rings. The minimum absolute atomic E-state index is 0.0831. The Bertz CT molecular complexity index is 1640. The van der Waals surface area contributed by atoms with Gasteiger partial charge in [0, 0.05) is 28.9 Å². The van der Waals surface area contributed by atoms with Crippen molar-refractivity contribution >= 4 is 44.0 Å². The smallest absolute Gasteiger partial charge is 0.267 e. The van der Waals surface area contributed by atoms with E-state index in [1.54, 1.807) is 29.8 Å². The molecule has 0 fully saturated rings. The molecule has 2 aromatic carbocycles. The van der Waals surface area contributed by atoms with Crippen LogP contribution >= 0.6 is 0 Å². The standard InChI is InChI=1S/C27H28N4O5/c1-30(2)13-5-11-28-22(32)15-36-16-6-8-20-19(14-16)17-10-12-29-24-18-7-9-21(34-3)26(35-4)23(18)27(33)31(20)25(17)24/h6-10,12,14H,5,11,13,15H2,1-4H3,(H,28,32). The summed E-state index contributed by atoms with van der Waals surface area (Å²) >= 11 is 0. The van der Waals surface area contributed by atoms with E-state index < -0.39 is 0 Å². The lowest BCUT2D eigenvalue weighted by atomic mass is 10.1. The molecule has 0 aliphatic heterocycles. The molecular weight excluding hydrogens is 460 g/mol. The van der Waals surface area contributed by atoms with Gasteiger partial charge in [-0.3, -0.25) is 19.0 Å². The van der Waals surface area contributed by atoms with Crippen LogP contribution in [-0.4, -0.2) is 68.2 Å². The molecule has 0 atom stereocenters. The van der Waals surface area contributed by atoms with Crippen LogP contribution in [0.1, 0.15) is 6.42 Å². The van der Waals surface area contributed by atoms with E-state index in [9.17, 15) is 9.59 Å². The lowest BCUT2D eigenvalue weighted by molar-refractivity contribution is -0.123. The summed E-state index contributed by atoms with van der Waals surface area (Å²) in [4.78, 5) is 32.7. The minimum Gasteiger partial charge on any atom is -0.493 e. The van der Waals surface area contributed by atoms with E-state index in [-0.39, 0.29) is 18.1 Å². The molecule has 9 nitrogen and oxygen atoms in total. The summed E-state index contributed by atoms with van der Waals surface area (Å²) in [6.07, 6.45) is 2.60.